The molecular formula is C10H16BrNO. The number of aliphatic hydroxyl groups is 1. The monoisotopic (exact) mass is 245 g/mol. The summed E-state index contributed by atoms with van der Waals surface area (Å²) >= 11 is 0. The maximum atomic E-state index is 8.83. The molecule has 0 saturated carbocycles. The molecule has 1 aromatic carbocycles. The largest absolute Gasteiger partial charge is 1.00 e. The van der Waals surface area contributed by atoms with E-state index in [1.54, 1.807) is 0 Å². The van der Waals surface area contributed by atoms with Crippen molar-refractivity contribution in [2.75, 3.05) is 21.1 Å². The van der Waals surface area contributed by atoms with E-state index in [0.717, 1.165) is 10.0 Å². The first-order valence-electron chi connectivity index (χ1n) is 4.06. The van der Waals surface area contributed by atoms with Crippen molar-refractivity contribution in [2.45, 2.75) is 6.61 Å². The summed E-state index contributed by atoms with van der Waals surface area (Å²) in [5.74, 6) is 0. The molecule has 2 nitrogen and oxygen atoms in total. The summed E-state index contributed by atoms with van der Waals surface area (Å²) < 4.78 is 0.811. The Morgan fingerprint density at radius 1 is 1.08 bits per heavy atom. The van der Waals surface area contributed by atoms with E-state index >= 15 is 0 Å². The van der Waals surface area contributed by atoms with Crippen LogP contribution in [0.3, 0.4) is 0 Å². The molecule has 1 N–H and O–H groups in total. The van der Waals surface area contributed by atoms with Crippen molar-refractivity contribution in [3.8, 4) is 0 Å². The van der Waals surface area contributed by atoms with Gasteiger partial charge in [-0.3, -0.25) is 4.48 Å². The lowest BCUT2D eigenvalue weighted by Gasteiger charge is -2.23. The van der Waals surface area contributed by atoms with Gasteiger partial charge in [-0.05, 0) is 17.7 Å². The van der Waals surface area contributed by atoms with Crippen LogP contribution in [-0.2, 0) is 6.61 Å². The highest BCUT2D eigenvalue weighted by atomic mass is 79.9. The van der Waals surface area contributed by atoms with E-state index in [0.29, 0.717) is 0 Å². The lowest BCUT2D eigenvalue weighted by Crippen LogP contribution is -3.00. The summed E-state index contributed by atoms with van der Waals surface area (Å²) in [6, 6.07) is 8.01. The second-order valence-corrected chi connectivity index (χ2v) is 3.84. The minimum atomic E-state index is 0. The third-order valence-electron chi connectivity index (χ3n) is 1.89. The first-order valence-corrected chi connectivity index (χ1v) is 4.06. The van der Waals surface area contributed by atoms with Crippen molar-refractivity contribution in [1.82, 2.24) is 4.48 Å². The molecule has 0 radical (unpaired) electrons. The number of nitrogens with zero attached hydrogens (tertiary/aromatic N) is 1. The number of benzene rings is 1. The lowest BCUT2D eigenvalue weighted by molar-refractivity contribution is -0.00000372. The van der Waals surface area contributed by atoms with Crippen molar-refractivity contribution in [3.63, 3.8) is 0 Å². The van der Waals surface area contributed by atoms with Crippen LogP contribution in [0.1, 0.15) is 5.56 Å². The SMILES string of the molecule is C[N+](C)(C)c1ccc(CO)cc1.[Br-]. The zero-order chi connectivity index (χ0) is 9.19. The summed E-state index contributed by atoms with van der Waals surface area (Å²) in [6.45, 7) is 0.122. The molecule has 0 aromatic heterocycles. The van der Waals surface area contributed by atoms with Crippen LogP contribution in [0.2, 0.25) is 0 Å². The zero-order valence-electron chi connectivity index (χ0n) is 8.29. The number of hydrogen-bond acceptors (Lipinski definition) is 1. The number of quaternary nitrogens is 1. The van der Waals surface area contributed by atoms with Gasteiger partial charge in [-0.25, -0.2) is 0 Å². The number of hydrogen-bond donors (Lipinski definition) is 1. The quantitative estimate of drug-likeness (QED) is 0.622. The van der Waals surface area contributed by atoms with Crippen LogP contribution in [0.5, 0.6) is 0 Å². The maximum absolute atomic E-state index is 8.83. The van der Waals surface area contributed by atoms with Gasteiger partial charge in [0.25, 0.3) is 0 Å². The highest BCUT2D eigenvalue weighted by molar-refractivity contribution is 5.42. The van der Waals surface area contributed by atoms with E-state index in [4.69, 9.17) is 5.11 Å². The molecule has 3 heteroatoms. The maximum Gasteiger partial charge on any atom is 0.132 e. The molecule has 0 fully saturated rings. The van der Waals surface area contributed by atoms with E-state index in [2.05, 4.69) is 21.1 Å². The minimum Gasteiger partial charge on any atom is -1.00 e. The van der Waals surface area contributed by atoms with Gasteiger partial charge in [-0.2, -0.15) is 0 Å². The van der Waals surface area contributed by atoms with Gasteiger partial charge in [-0.15, -0.1) is 0 Å². The van der Waals surface area contributed by atoms with Crippen LogP contribution in [0.4, 0.5) is 5.69 Å². The van der Waals surface area contributed by atoms with Gasteiger partial charge in [0, 0.05) is 0 Å². The standard InChI is InChI=1S/C10H16NO.BrH/c1-11(2,3)10-6-4-9(8-12)5-7-10;/h4-7,12H,8H2,1-3H3;1H/q+1;/p-1. The van der Waals surface area contributed by atoms with Gasteiger partial charge in [-0.1, -0.05) is 12.1 Å². The molecule has 0 aliphatic heterocycles. The molecule has 13 heavy (non-hydrogen) atoms. The second-order valence-electron chi connectivity index (χ2n) is 3.84. The summed E-state index contributed by atoms with van der Waals surface area (Å²) in [6.07, 6.45) is 0. The summed E-state index contributed by atoms with van der Waals surface area (Å²) in [4.78, 5) is 0. The lowest BCUT2D eigenvalue weighted by atomic mass is 10.2. The Kier molecular flexibility index (Phi) is 4.61. The number of halogens is 1. The Morgan fingerprint density at radius 3 is 1.85 bits per heavy atom. The average molecular weight is 246 g/mol. The van der Waals surface area contributed by atoms with Crippen molar-refractivity contribution >= 4 is 5.69 Å². The normalized spacial score (nSPS) is 10.8. The van der Waals surface area contributed by atoms with E-state index in [1.165, 1.54) is 5.69 Å². The zero-order valence-corrected chi connectivity index (χ0v) is 9.87. The molecule has 0 spiro atoms. The summed E-state index contributed by atoms with van der Waals surface area (Å²) in [5.41, 5.74) is 2.21. The van der Waals surface area contributed by atoms with Gasteiger partial charge in [0.2, 0.25) is 0 Å². The topological polar surface area (TPSA) is 20.2 Å². The summed E-state index contributed by atoms with van der Waals surface area (Å²) in [5, 5.41) is 8.83. The Labute approximate surface area is 90.2 Å². The molecule has 1 aromatic rings. The molecule has 0 aliphatic carbocycles. The van der Waals surface area contributed by atoms with Crippen LogP contribution in [-0.4, -0.2) is 26.2 Å². The van der Waals surface area contributed by atoms with Gasteiger partial charge in [0.15, 0.2) is 0 Å². The molecule has 0 amide bonds. The highest BCUT2D eigenvalue weighted by Gasteiger charge is 2.10. The Bertz CT molecular complexity index is 251. The van der Waals surface area contributed by atoms with Crippen LogP contribution in [0, 0.1) is 0 Å². The van der Waals surface area contributed by atoms with Crippen LogP contribution in [0.25, 0.3) is 0 Å². The fourth-order valence-corrected chi connectivity index (χ4v) is 1.05. The Morgan fingerprint density at radius 2 is 1.54 bits per heavy atom. The molecule has 0 bridgehead atoms. The minimum absolute atomic E-state index is 0. The number of aliphatic hydroxyl groups excluding tert-OH is 1. The average Bonchev–Trinajstić information content (AvgIpc) is 2.03. The van der Waals surface area contributed by atoms with Gasteiger partial charge in [0.1, 0.15) is 5.69 Å². The van der Waals surface area contributed by atoms with Crippen LogP contribution >= 0.6 is 0 Å². The Balaban J connectivity index is 0.00000144. The van der Waals surface area contributed by atoms with Crippen molar-refractivity contribution in [3.05, 3.63) is 29.8 Å². The van der Waals surface area contributed by atoms with Crippen molar-refractivity contribution in [2.24, 2.45) is 0 Å². The highest BCUT2D eigenvalue weighted by Crippen LogP contribution is 2.16. The molecular weight excluding hydrogens is 230 g/mol. The van der Waals surface area contributed by atoms with Crippen molar-refractivity contribution < 1.29 is 22.1 Å². The van der Waals surface area contributed by atoms with E-state index < -0.39 is 0 Å². The van der Waals surface area contributed by atoms with E-state index in [9.17, 15) is 0 Å². The molecule has 1 rings (SSSR count). The van der Waals surface area contributed by atoms with Crippen molar-refractivity contribution in [1.29, 1.82) is 0 Å². The second kappa shape index (κ2) is 4.74. The molecule has 0 heterocycles. The van der Waals surface area contributed by atoms with Gasteiger partial charge in [0.05, 0.1) is 27.7 Å². The molecule has 0 unspecified atom stereocenters. The van der Waals surface area contributed by atoms with Gasteiger partial charge >= 0.3 is 0 Å². The van der Waals surface area contributed by atoms with Crippen LogP contribution < -0.4 is 21.5 Å². The molecule has 0 atom stereocenters. The third kappa shape index (κ3) is 3.46. The first-order chi connectivity index (χ1) is 5.54. The molecule has 74 valence electrons. The Hall–Kier alpha value is -0.380. The predicted molar refractivity (Wildman–Crippen MR) is 51.9 cm³/mol. The van der Waals surface area contributed by atoms with E-state index in [1.807, 2.05) is 24.3 Å². The molecule has 0 aliphatic rings. The summed E-state index contributed by atoms with van der Waals surface area (Å²) in [7, 11) is 6.36. The van der Waals surface area contributed by atoms with Gasteiger partial charge < -0.3 is 22.1 Å². The fourth-order valence-electron chi connectivity index (χ4n) is 1.05. The van der Waals surface area contributed by atoms with Crippen LogP contribution in [0.15, 0.2) is 24.3 Å². The first kappa shape index (κ1) is 12.6. The molecule has 0 saturated heterocycles. The predicted octanol–water partition coefficient (Wildman–Crippen LogP) is -1.62. The van der Waals surface area contributed by atoms with E-state index in [-0.39, 0.29) is 23.6 Å². The smallest absolute Gasteiger partial charge is 0.132 e. The number of rotatable bonds is 2. The fraction of sp³-hybridized carbons (Fsp3) is 0.400. The third-order valence-corrected chi connectivity index (χ3v) is 1.89.